The molecule has 1 aliphatic rings. The largest absolute Gasteiger partial charge is 0.585 e. The Balaban J connectivity index is 2.26. The van der Waals surface area contributed by atoms with E-state index < -0.39 is 8.17 Å². The summed E-state index contributed by atoms with van der Waals surface area (Å²) < 4.78 is 4.51. The van der Waals surface area contributed by atoms with E-state index in [2.05, 4.69) is 9.52 Å². The van der Waals surface area contributed by atoms with Gasteiger partial charge in [-0.15, -0.1) is 5.06 Å². The summed E-state index contributed by atoms with van der Waals surface area (Å²) in [5.41, 5.74) is 0. The second kappa shape index (κ2) is 3.93. The van der Waals surface area contributed by atoms with Crippen molar-refractivity contribution in [2.45, 2.75) is 0 Å². The summed E-state index contributed by atoms with van der Waals surface area (Å²) in [5, 5.41) is 1.37. The number of likely N-dealkylation sites (N-methyl/N-ethyl adjacent to an activating group) is 1. The summed E-state index contributed by atoms with van der Waals surface area (Å²) in [5.74, 6) is 0. The minimum atomic E-state index is -4.10. The van der Waals surface area contributed by atoms with Crippen molar-refractivity contribution in [3.8, 4) is 0 Å². The zero-order valence-corrected chi connectivity index (χ0v) is 7.81. The molecule has 1 rings (SSSR count). The van der Waals surface area contributed by atoms with Crippen LogP contribution in [0.5, 0.6) is 0 Å². The van der Waals surface area contributed by atoms with Gasteiger partial charge >= 0.3 is 8.17 Å². The maximum absolute atomic E-state index is 8.58. The fourth-order valence-corrected chi connectivity index (χ4v) is 1.50. The van der Waals surface area contributed by atoms with E-state index in [1.807, 2.05) is 7.05 Å². The van der Waals surface area contributed by atoms with Crippen molar-refractivity contribution in [2.24, 2.45) is 0 Å². The molecular formula is C5H14N2O4P+. The van der Waals surface area contributed by atoms with Crippen molar-refractivity contribution in [3.63, 3.8) is 0 Å². The Hall–Kier alpha value is 0.190. The van der Waals surface area contributed by atoms with E-state index in [4.69, 9.17) is 14.7 Å². The van der Waals surface area contributed by atoms with Gasteiger partial charge in [-0.05, 0) is 7.05 Å². The van der Waals surface area contributed by atoms with Gasteiger partial charge < -0.3 is 4.90 Å². The van der Waals surface area contributed by atoms with Gasteiger partial charge in [0.1, 0.15) is 0 Å². The molecule has 0 saturated carbocycles. The highest BCUT2D eigenvalue weighted by atomic mass is 31.2. The number of hydrogen-bond donors (Lipinski definition) is 3. The first kappa shape index (κ1) is 10.3. The van der Waals surface area contributed by atoms with Gasteiger partial charge in [-0.25, -0.2) is 0 Å². The molecular weight excluding hydrogens is 183 g/mol. The average Bonchev–Trinajstić information content (AvgIpc) is 1.91. The minimum Gasteiger partial charge on any atom is -0.304 e. The lowest BCUT2D eigenvalue weighted by Crippen LogP contribution is -2.44. The Bertz CT molecular complexity index is 143. The second-order valence-corrected chi connectivity index (χ2v) is 4.02. The molecule has 7 heteroatoms. The van der Waals surface area contributed by atoms with Gasteiger partial charge in [0.05, 0.1) is 0 Å². The van der Waals surface area contributed by atoms with Crippen LogP contribution in [0.15, 0.2) is 0 Å². The van der Waals surface area contributed by atoms with Crippen LogP contribution in [-0.4, -0.2) is 57.9 Å². The highest BCUT2D eigenvalue weighted by Gasteiger charge is 2.38. The Labute approximate surface area is 71.6 Å². The minimum absolute atomic E-state index is 0.569. The molecule has 3 N–H and O–H groups in total. The first-order valence-corrected chi connectivity index (χ1v) is 5.24. The molecule has 0 bridgehead atoms. The molecule has 0 amide bonds. The Morgan fingerprint density at radius 1 is 1.08 bits per heavy atom. The molecule has 12 heavy (non-hydrogen) atoms. The lowest BCUT2D eigenvalue weighted by atomic mass is 10.4. The number of rotatable bonds is 2. The predicted molar refractivity (Wildman–Crippen MR) is 43.7 cm³/mol. The highest BCUT2D eigenvalue weighted by Crippen LogP contribution is 2.46. The van der Waals surface area contributed by atoms with Crippen LogP contribution < -0.4 is 0 Å². The maximum Gasteiger partial charge on any atom is 0.585 e. The fraction of sp³-hybridized carbons (Fsp3) is 1.00. The summed E-state index contributed by atoms with van der Waals surface area (Å²) in [7, 11) is -2.13. The van der Waals surface area contributed by atoms with Crippen molar-refractivity contribution in [1.29, 1.82) is 0 Å². The summed E-state index contributed by atoms with van der Waals surface area (Å²) in [6, 6.07) is 0. The van der Waals surface area contributed by atoms with Crippen molar-refractivity contribution in [2.75, 3.05) is 33.2 Å². The van der Waals surface area contributed by atoms with Crippen LogP contribution in [-0.2, 0) is 4.62 Å². The molecule has 0 aromatic carbocycles. The van der Waals surface area contributed by atoms with Gasteiger partial charge in [-0.2, -0.15) is 14.7 Å². The van der Waals surface area contributed by atoms with E-state index in [-0.39, 0.29) is 0 Å². The SMILES string of the molecule is CN1CCN(O[P+](O)(O)O)CC1. The molecule has 0 radical (unpaired) electrons. The summed E-state index contributed by atoms with van der Waals surface area (Å²) >= 11 is 0. The van der Waals surface area contributed by atoms with Gasteiger partial charge in [0.25, 0.3) is 0 Å². The van der Waals surface area contributed by atoms with Crippen LogP contribution in [0, 0.1) is 0 Å². The quantitative estimate of drug-likeness (QED) is 0.484. The van der Waals surface area contributed by atoms with Gasteiger partial charge in [0.2, 0.25) is 0 Å². The zero-order chi connectivity index (χ0) is 9.19. The van der Waals surface area contributed by atoms with E-state index in [0.29, 0.717) is 13.1 Å². The van der Waals surface area contributed by atoms with E-state index in [9.17, 15) is 0 Å². The number of piperazine rings is 1. The highest BCUT2D eigenvalue weighted by molar-refractivity contribution is 7.53. The van der Waals surface area contributed by atoms with E-state index in [1.165, 1.54) is 5.06 Å². The molecule has 0 spiro atoms. The van der Waals surface area contributed by atoms with Crippen LogP contribution >= 0.6 is 8.17 Å². The van der Waals surface area contributed by atoms with Crippen LogP contribution in [0.1, 0.15) is 0 Å². The molecule has 0 aliphatic carbocycles. The molecule has 0 atom stereocenters. The zero-order valence-electron chi connectivity index (χ0n) is 6.92. The molecule has 72 valence electrons. The molecule has 0 aromatic rings. The van der Waals surface area contributed by atoms with E-state index in [1.54, 1.807) is 0 Å². The third kappa shape index (κ3) is 3.73. The Morgan fingerprint density at radius 3 is 2.00 bits per heavy atom. The average molecular weight is 197 g/mol. The first-order chi connectivity index (χ1) is 5.47. The van der Waals surface area contributed by atoms with Crippen LogP contribution in [0.2, 0.25) is 0 Å². The summed E-state index contributed by atoms with van der Waals surface area (Å²) in [4.78, 5) is 27.8. The van der Waals surface area contributed by atoms with Crippen molar-refractivity contribution in [3.05, 3.63) is 0 Å². The smallest absolute Gasteiger partial charge is 0.304 e. The number of nitrogens with zero attached hydrogens (tertiary/aromatic N) is 2. The van der Waals surface area contributed by atoms with Crippen LogP contribution in [0.3, 0.4) is 0 Å². The monoisotopic (exact) mass is 197 g/mol. The first-order valence-electron chi connectivity index (χ1n) is 3.68. The number of hydroxylamine groups is 2. The second-order valence-electron chi connectivity index (χ2n) is 2.83. The third-order valence-corrected chi connectivity index (χ3v) is 2.14. The Morgan fingerprint density at radius 2 is 1.58 bits per heavy atom. The van der Waals surface area contributed by atoms with Gasteiger partial charge in [0.15, 0.2) is 0 Å². The molecule has 1 fully saturated rings. The molecule has 6 nitrogen and oxygen atoms in total. The Kier molecular flexibility index (Phi) is 3.37. The topological polar surface area (TPSA) is 76.4 Å². The predicted octanol–water partition coefficient (Wildman–Crippen LogP) is -1.18. The molecule has 1 saturated heterocycles. The van der Waals surface area contributed by atoms with Crippen molar-refractivity contribution < 1.29 is 19.3 Å². The van der Waals surface area contributed by atoms with Crippen LogP contribution in [0.4, 0.5) is 0 Å². The maximum atomic E-state index is 8.58. The lowest BCUT2D eigenvalue weighted by molar-refractivity contribution is -0.113. The summed E-state index contributed by atoms with van der Waals surface area (Å²) in [6.45, 7) is 2.72. The molecule has 1 aliphatic heterocycles. The lowest BCUT2D eigenvalue weighted by Gasteiger charge is -2.29. The summed E-state index contributed by atoms with van der Waals surface area (Å²) in [6.07, 6.45) is 0. The molecule has 1 heterocycles. The van der Waals surface area contributed by atoms with Crippen molar-refractivity contribution >= 4 is 8.17 Å². The van der Waals surface area contributed by atoms with E-state index >= 15 is 0 Å². The normalized spacial score (nSPS) is 23.0. The van der Waals surface area contributed by atoms with Gasteiger partial charge in [-0.1, -0.05) is 4.62 Å². The standard InChI is InChI=1S/C5H14N2O4P/c1-6-2-4-7(5-3-6)11-12(8,9)10/h8-10H,2-5H2,1H3/q+1. The number of hydrogen-bond acceptors (Lipinski definition) is 6. The van der Waals surface area contributed by atoms with Crippen LogP contribution in [0.25, 0.3) is 0 Å². The van der Waals surface area contributed by atoms with Gasteiger partial charge in [0, 0.05) is 26.2 Å². The van der Waals surface area contributed by atoms with Crippen molar-refractivity contribution in [1.82, 2.24) is 9.96 Å². The third-order valence-electron chi connectivity index (χ3n) is 1.69. The molecule has 0 unspecified atom stereocenters. The molecule has 0 aromatic heterocycles. The fourth-order valence-electron chi connectivity index (χ4n) is 1.02. The van der Waals surface area contributed by atoms with Gasteiger partial charge in [-0.3, -0.25) is 0 Å². The van der Waals surface area contributed by atoms with E-state index in [0.717, 1.165) is 13.1 Å².